The van der Waals surface area contributed by atoms with Crippen LogP contribution in [0.2, 0.25) is 0 Å². The van der Waals surface area contributed by atoms with Gasteiger partial charge in [0, 0.05) is 11.8 Å². The first-order chi connectivity index (χ1) is 9.54. The zero-order valence-electron chi connectivity index (χ0n) is 11.2. The highest BCUT2D eigenvalue weighted by atomic mass is 32.2. The number of nitrogens with zero attached hydrogens (tertiary/aromatic N) is 1. The summed E-state index contributed by atoms with van der Waals surface area (Å²) in [5, 5.41) is 0. The molecule has 0 amide bonds. The number of aryl methyl sites for hydroxylation is 1. The maximum Gasteiger partial charge on any atom is 0.314 e. The first-order valence-corrected chi connectivity index (χ1v) is 7.37. The van der Waals surface area contributed by atoms with Gasteiger partial charge in [0.15, 0.2) is 0 Å². The highest BCUT2D eigenvalue weighted by molar-refractivity contribution is 7.82. The van der Waals surface area contributed by atoms with E-state index in [0.717, 1.165) is 10.6 Å². The molecule has 1 aromatic heterocycles. The summed E-state index contributed by atoms with van der Waals surface area (Å²) in [4.78, 5) is 16.8. The summed E-state index contributed by atoms with van der Waals surface area (Å²) in [7, 11) is 0. The highest BCUT2D eigenvalue weighted by Crippen LogP contribution is 2.21. The van der Waals surface area contributed by atoms with Gasteiger partial charge in [-0.3, -0.25) is 4.79 Å². The van der Waals surface area contributed by atoms with Crippen molar-refractivity contribution in [3.8, 4) is 5.75 Å². The Morgan fingerprint density at radius 3 is 2.70 bits per heavy atom. The topological polar surface area (TPSA) is 48.4 Å². The minimum absolute atomic E-state index is 0.187. The van der Waals surface area contributed by atoms with E-state index < -0.39 is 6.29 Å². The highest BCUT2D eigenvalue weighted by Gasteiger charge is 2.15. The summed E-state index contributed by atoms with van der Waals surface area (Å²) in [5.74, 6) is 0.327. The molecule has 1 atom stereocenters. The van der Waals surface area contributed by atoms with Crippen molar-refractivity contribution in [2.75, 3.05) is 0 Å². The fourth-order valence-electron chi connectivity index (χ4n) is 1.65. The molecule has 2 aromatic rings. The Bertz CT molecular complexity index is 583. The molecule has 20 heavy (non-hydrogen) atoms. The Hall–Kier alpha value is -1.53. The number of rotatable bonds is 5. The van der Waals surface area contributed by atoms with Crippen molar-refractivity contribution in [1.82, 2.24) is 4.98 Å². The lowest BCUT2D eigenvalue weighted by atomic mass is 10.3. The zero-order chi connectivity index (χ0) is 14.5. The standard InChI is InChI=1S/C14H15NO3S2/c1-9-12(20-14(19)15-9)8-13(16)18-10(2)17-11-6-4-3-5-7-11/h3-7,10H,8H2,1-2H3,(H,15,19). The Kier molecular flexibility index (Phi) is 5.03. The molecular weight excluding hydrogens is 294 g/mol. The number of carbonyl (C=O) groups excluding carboxylic acids is 1. The largest absolute Gasteiger partial charge is 0.455 e. The van der Waals surface area contributed by atoms with Gasteiger partial charge in [0.2, 0.25) is 6.29 Å². The fourth-order valence-corrected chi connectivity index (χ4v) is 2.92. The number of carbonyl (C=O) groups is 1. The molecule has 0 aliphatic rings. The molecule has 0 fully saturated rings. The lowest BCUT2D eigenvalue weighted by molar-refractivity contribution is -0.160. The summed E-state index contributed by atoms with van der Waals surface area (Å²) in [6, 6.07) is 9.23. The first-order valence-electron chi connectivity index (χ1n) is 6.11. The molecule has 0 aliphatic heterocycles. The van der Waals surface area contributed by atoms with Gasteiger partial charge >= 0.3 is 5.97 Å². The van der Waals surface area contributed by atoms with Crippen LogP contribution in [0.3, 0.4) is 0 Å². The Morgan fingerprint density at radius 2 is 2.10 bits per heavy atom. The second kappa shape index (κ2) is 6.76. The van der Waals surface area contributed by atoms with E-state index in [1.807, 2.05) is 37.3 Å². The molecule has 0 N–H and O–H groups in total. The second-order valence-corrected chi connectivity index (χ2v) is 5.98. The molecule has 0 radical (unpaired) electrons. The van der Waals surface area contributed by atoms with Gasteiger partial charge in [-0.25, -0.2) is 4.98 Å². The maximum atomic E-state index is 11.8. The summed E-state index contributed by atoms with van der Waals surface area (Å²) in [6.45, 7) is 3.54. The van der Waals surface area contributed by atoms with E-state index in [2.05, 4.69) is 17.6 Å². The SMILES string of the molecule is Cc1nc(S)sc1CC(=O)OC(C)Oc1ccccc1. The first kappa shape index (κ1) is 14.9. The predicted molar refractivity (Wildman–Crippen MR) is 80.4 cm³/mol. The van der Waals surface area contributed by atoms with Crippen LogP contribution in [0.1, 0.15) is 17.5 Å². The van der Waals surface area contributed by atoms with Crippen LogP contribution in [0.4, 0.5) is 0 Å². The van der Waals surface area contributed by atoms with Crippen molar-refractivity contribution < 1.29 is 14.3 Å². The van der Waals surface area contributed by atoms with Crippen molar-refractivity contribution in [2.45, 2.75) is 30.9 Å². The van der Waals surface area contributed by atoms with Crippen LogP contribution in [0.5, 0.6) is 5.75 Å². The van der Waals surface area contributed by atoms with Gasteiger partial charge in [-0.05, 0) is 19.1 Å². The average Bonchev–Trinajstić information content (AvgIpc) is 2.68. The molecule has 1 heterocycles. The smallest absolute Gasteiger partial charge is 0.314 e. The van der Waals surface area contributed by atoms with Crippen molar-refractivity contribution >= 4 is 29.9 Å². The van der Waals surface area contributed by atoms with Crippen LogP contribution in [0.15, 0.2) is 34.7 Å². The number of thiol groups is 1. The number of para-hydroxylation sites is 1. The van der Waals surface area contributed by atoms with Gasteiger partial charge in [-0.15, -0.1) is 24.0 Å². The van der Waals surface area contributed by atoms with Crippen molar-refractivity contribution in [3.05, 3.63) is 40.9 Å². The van der Waals surface area contributed by atoms with Gasteiger partial charge in [0.05, 0.1) is 12.1 Å². The number of hydrogen-bond donors (Lipinski definition) is 1. The lowest BCUT2D eigenvalue weighted by Crippen LogP contribution is -2.22. The van der Waals surface area contributed by atoms with Crippen molar-refractivity contribution in [1.29, 1.82) is 0 Å². The van der Waals surface area contributed by atoms with Gasteiger partial charge in [0.1, 0.15) is 10.1 Å². The number of aromatic nitrogens is 1. The van der Waals surface area contributed by atoms with Crippen LogP contribution in [-0.2, 0) is 16.0 Å². The van der Waals surface area contributed by atoms with Gasteiger partial charge < -0.3 is 9.47 Å². The normalized spacial score (nSPS) is 11.9. The monoisotopic (exact) mass is 309 g/mol. The van der Waals surface area contributed by atoms with Crippen molar-refractivity contribution in [2.24, 2.45) is 0 Å². The van der Waals surface area contributed by atoms with Crippen LogP contribution < -0.4 is 4.74 Å². The maximum absolute atomic E-state index is 11.8. The van der Waals surface area contributed by atoms with E-state index in [1.165, 1.54) is 11.3 Å². The third-order valence-corrected chi connectivity index (χ3v) is 3.86. The van der Waals surface area contributed by atoms with Gasteiger partial charge in [-0.2, -0.15) is 0 Å². The lowest BCUT2D eigenvalue weighted by Gasteiger charge is -2.15. The number of ether oxygens (including phenoxy) is 2. The number of benzene rings is 1. The Balaban J connectivity index is 1.86. The molecule has 106 valence electrons. The van der Waals surface area contributed by atoms with Gasteiger partial charge in [-0.1, -0.05) is 18.2 Å². The predicted octanol–water partition coefficient (Wildman–Crippen LogP) is 3.25. The second-order valence-electron chi connectivity index (χ2n) is 4.17. The number of thiazole rings is 1. The molecule has 1 unspecified atom stereocenters. The third kappa shape index (κ3) is 4.25. The van der Waals surface area contributed by atoms with Crippen LogP contribution in [0.25, 0.3) is 0 Å². The van der Waals surface area contributed by atoms with E-state index in [9.17, 15) is 4.79 Å². The van der Waals surface area contributed by atoms with Crippen molar-refractivity contribution in [3.63, 3.8) is 0 Å². The third-order valence-electron chi connectivity index (χ3n) is 2.53. The molecular formula is C14H15NO3S2. The summed E-state index contributed by atoms with van der Waals surface area (Å²) < 4.78 is 11.4. The molecule has 0 aliphatic carbocycles. The molecule has 0 saturated heterocycles. The van der Waals surface area contributed by atoms with Crippen LogP contribution >= 0.6 is 24.0 Å². The van der Waals surface area contributed by atoms with E-state index in [0.29, 0.717) is 10.1 Å². The Labute approximate surface area is 127 Å². The zero-order valence-corrected chi connectivity index (χ0v) is 12.9. The number of esters is 1. The molecule has 1 aromatic carbocycles. The van der Waals surface area contributed by atoms with E-state index in [1.54, 1.807) is 6.92 Å². The average molecular weight is 309 g/mol. The quantitative estimate of drug-likeness (QED) is 0.523. The van der Waals surface area contributed by atoms with E-state index >= 15 is 0 Å². The van der Waals surface area contributed by atoms with E-state index in [4.69, 9.17) is 9.47 Å². The minimum atomic E-state index is -0.631. The fraction of sp³-hybridized carbons (Fsp3) is 0.286. The van der Waals surface area contributed by atoms with Crippen LogP contribution in [-0.4, -0.2) is 17.2 Å². The summed E-state index contributed by atoms with van der Waals surface area (Å²) in [6.07, 6.45) is -0.444. The molecule has 6 heteroatoms. The van der Waals surface area contributed by atoms with Crippen LogP contribution in [0, 0.1) is 6.92 Å². The summed E-state index contributed by atoms with van der Waals surface area (Å²) >= 11 is 5.55. The minimum Gasteiger partial charge on any atom is -0.455 e. The number of hydrogen-bond acceptors (Lipinski definition) is 6. The molecule has 4 nitrogen and oxygen atoms in total. The molecule has 0 saturated carbocycles. The summed E-state index contributed by atoms with van der Waals surface area (Å²) in [5.41, 5.74) is 0.814. The molecule has 0 bridgehead atoms. The molecule has 0 spiro atoms. The van der Waals surface area contributed by atoms with E-state index in [-0.39, 0.29) is 12.4 Å². The van der Waals surface area contributed by atoms with Gasteiger partial charge in [0.25, 0.3) is 0 Å². The molecule has 2 rings (SSSR count). The Morgan fingerprint density at radius 1 is 1.40 bits per heavy atom.